The van der Waals surface area contributed by atoms with Gasteiger partial charge in [-0.05, 0) is 23.9 Å². The molecular weight excluding hydrogens is 232 g/mol. The van der Waals surface area contributed by atoms with Crippen LogP contribution < -0.4 is 10.6 Å². The van der Waals surface area contributed by atoms with E-state index in [4.69, 9.17) is 22.6 Å². The molecule has 0 heterocycles. The summed E-state index contributed by atoms with van der Waals surface area (Å²) in [5.74, 6) is -1.54. The summed E-state index contributed by atoms with van der Waals surface area (Å²) in [6.45, 7) is 0. The monoisotopic (exact) mass is 242 g/mol. The first kappa shape index (κ1) is 12.5. The van der Waals surface area contributed by atoms with Crippen LogP contribution in [0.1, 0.15) is 16.8 Å². The van der Waals surface area contributed by atoms with E-state index in [1.54, 1.807) is 24.3 Å². The Bertz CT molecular complexity index is 409. The van der Waals surface area contributed by atoms with E-state index in [-0.39, 0.29) is 12.2 Å². The van der Waals surface area contributed by atoms with Crippen LogP contribution in [0, 0.1) is 0 Å². The Balaban J connectivity index is 2.80. The molecular formula is C10H11ClN2O3. The second-order valence-corrected chi connectivity index (χ2v) is 3.43. The van der Waals surface area contributed by atoms with E-state index < -0.39 is 12.0 Å². The summed E-state index contributed by atoms with van der Waals surface area (Å²) in [7, 11) is 0. The number of para-hydroxylation sites is 1. The predicted molar refractivity (Wildman–Crippen MR) is 60.2 cm³/mol. The lowest BCUT2D eigenvalue weighted by atomic mass is 10.0. The number of benzene rings is 1. The van der Waals surface area contributed by atoms with Crippen LogP contribution in [0.3, 0.4) is 0 Å². The van der Waals surface area contributed by atoms with Gasteiger partial charge in [0.1, 0.15) is 6.04 Å². The molecule has 0 amide bonds. The van der Waals surface area contributed by atoms with Gasteiger partial charge in [-0.3, -0.25) is 9.59 Å². The number of rotatable bonds is 5. The van der Waals surface area contributed by atoms with Crippen molar-refractivity contribution in [2.24, 2.45) is 0 Å². The number of carboxylic acid groups (broad SMARTS) is 1. The SMILES string of the molecule is Nc1ccccc1C(=O)C[C@H](NCl)C(=O)O. The van der Waals surface area contributed by atoms with Crippen molar-refractivity contribution in [1.82, 2.24) is 4.84 Å². The van der Waals surface area contributed by atoms with Crippen molar-refractivity contribution < 1.29 is 14.7 Å². The van der Waals surface area contributed by atoms with Crippen LogP contribution in [0.5, 0.6) is 0 Å². The molecule has 1 aromatic rings. The van der Waals surface area contributed by atoms with Crippen molar-refractivity contribution in [3.63, 3.8) is 0 Å². The van der Waals surface area contributed by atoms with Crippen molar-refractivity contribution in [3.05, 3.63) is 29.8 Å². The van der Waals surface area contributed by atoms with E-state index in [1.807, 2.05) is 4.84 Å². The largest absolute Gasteiger partial charge is 0.480 e. The van der Waals surface area contributed by atoms with Gasteiger partial charge in [-0.2, -0.15) is 0 Å². The molecule has 0 aromatic heterocycles. The first-order valence-electron chi connectivity index (χ1n) is 4.53. The molecule has 0 saturated carbocycles. The van der Waals surface area contributed by atoms with Gasteiger partial charge in [-0.25, -0.2) is 4.84 Å². The molecule has 5 nitrogen and oxygen atoms in total. The van der Waals surface area contributed by atoms with Gasteiger partial charge < -0.3 is 10.8 Å². The molecule has 86 valence electrons. The van der Waals surface area contributed by atoms with Crippen LogP contribution in [0.4, 0.5) is 5.69 Å². The maximum absolute atomic E-state index is 11.7. The fraction of sp³-hybridized carbons (Fsp3) is 0.200. The summed E-state index contributed by atoms with van der Waals surface area (Å²) in [5, 5.41) is 8.71. The Morgan fingerprint density at radius 3 is 2.56 bits per heavy atom. The molecule has 1 rings (SSSR count). The first-order valence-corrected chi connectivity index (χ1v) is 4.90. The second-order valence-electron chi connectivity index (χ2n) is 3.21. The van der Waals surface area contributed by atoms with Gasteiger partial charge in [0.05, 0.1) is 0 Å². The minimum atomic E-state index is -1.18. The lowest BCUT2D eigenvalue weighted by Gasteiger charge is -2.09. The van der Waals surface area contributed by atoms with Gasteiger partial charge in [0, 0.05) is 17.7 Å². The Morgan fingerprint density at radius 1 is 1.44 bits per heavy atom. The summed E-state index contributed by atoms with van der Waals surface area (Å²) in [5.41, 5.74) is 6.22. The van der Waals surface area contributed by atoms with Crippen molar-refractivity contribution in [2.75, 3.05) is 5.73 Å². The van der Waals surface area contributed by atoms with Crippen LogP contribution >= 0.6 is 11.8 Å². The quantitative estimate of drug-likeness (QED) is 0.408. The molecule has 1 atom stereocenters. The van der Waals surface area contributed by atoms with Crippen LogP contribution in [-0.2, 0) is 4.79 Å². The van der Waals surface area contributed by atoms with E-state index >= 15 is 0 Å². The Hall–Kier alpha value is -1.59. The molecule has 0 aliphatic heterocycles. The van der Waals surface area contributed by atoms with Gasteiger partial charge >= 0.3 is 5.97 Å². The van der Waals surface area contributed by atoms with Gasteiger partial charge in [0.25, 0.3) is 0 Å². The fourth-order valence-electron chi connectivity index (χ4n) is 1.22. The Labute approximate surface area is 97.3 Å². The van der Waals surface area contributed by atoms with Crippen LogP contribution in [0.25, 0.3) is 0 Å². The molecule has 0 unspecified atom stereocenters. The summed E-state index contributed by atoms with van der Waals surface area (Å²) < 4.78 is 0. The topological polar surface area (TPSA) is 92.4 Å². The number of carbonyl (C=O) groups is 2. The van der Waals surface area contributed by atoms with Crippen LogP contribution in [0.15, 0.2) is 24.3 Å². The summed E-state index contributed by atoms with van der Waals surface area (Å²) in [4.78, 5) is 24.4. The number of aliphatic carboxylic acids is 1. The number of anilines is 1. The molecule has 6 heteroatoms. The number of Topliss-reactive ketones (excluding diaryl/α,β-unsaturated/α-hetero) is 1. The number of nitrogen functional groups attached to an aromatic ring is 1. The Morgan fingerprint density at radius 2 is 2.06 bits per heavy atom. The van der Waals surface area contributed by atoms with Gasteiger partial charge in [0.2, 0.25) is 0 Å². The van der Waals surface area contributed by atoms with Gasteiger partial charge in [-0.15, -0.1) is 0 Å². The Kier molecular flexibility index (Phi) is 4.28. The zero-order valence-corrected chi connectivity index (χ0v) is 9.07. The van der Waals surface area contributed by atoms with Gasteiger partial charge in [-0.1, -0.05) is 12.1 Å². The number of hydrogen-bond acceptors (Lipinski definition) is 4. The van der Waals surface area contributed by atoms with E-state index in [9.17, 15) is 9.59 Å². The molecule has 0 spiro atoms. The van der Waals surface area contributed by atoms with Crippen LogP contribution in [-0.4, -0.2) is 22.9 Å². The fourth-order valence-corrected chi connectivity index (χ4v) is 1.39. The highest BCUT2D eigenvalue weighted by molar-refractivity contribution is 6.15. The first-order chi connectivity index (χ1) is 7.56. The zero-order chi connectivity index (χ0) is 12.1. The number of nitrogens with two attached hydrogens (primary N) is 1. The lowest BCUT2D eigenvalue weighted by Crippen LogP contribution is -2.33. The molecule has 4 N–H and O–H groups in total. The molecule has 0 aliphatic carbocycles. The number of nitrogens with one attached hydrogen (secondary N) is 1. The highest BCUT2D eigenvalue weighted by atomic mass is 35.5. The third-order valence-corrected chi connectivity index (χ3v) is 2.34. The van der Waals surface area contributed by atoms with Crippen LogP contribution in [0.2, 0.25) is 0 Å². The standard InChI is InChI=1S/C10H11ClN2O3/c11-13-8(10(15)16)5-9(14)6-3-1-2-4-7(6)12/h1-4,8,13H,5,12H2,(H,15,16)/t8-/m0/s1. The third kappa shape index (κ3) is 2.95. The molecule has 0 aliphatic rings. The van der Waals surface area contributed by atoms with E-state index in [1.165, 1.54) is 0 Å². The maximum Gasteiger partial charge on any atom is 0.322 e. The summed E-state index contributed by atoms with van der Waals surface area (Å²) >= 11 is 5.22. The van der Waals surface area contributed by atoms with Crippen molar-refractivity contribution in [2.45, 2.75) is 12.5 Å². The summed E-state index contributed by atoms with van der Waals surface area (Å²) in [6, 6.07) is 5.37. The molecule has 0 fully saturated rings. The summed E-state index contributed by atoms with van der Waals surface area (Å²) in [6.07, 6.45) is -0.243. The maximum atomic E-state index is 11.7. The zero-order valence-electron chi connectivity index (χ0n) is 8.31. The minimum absolute atomic E-state index is 0.243. The highest BCUT2D eigenvalue weighted by Gasteiger charge is 2.21. The molecule has 0 saturated heterocycles. The lowest BCUT2D eigenvalue weighted by molar-refractivity contribution is -0.138. The molecule has 16 heavy (non-hydrogen) atoms. The number of carboxylic acids is 1. The van der Waals surface area contributed by atoms with E-state index in [0.29, 0.717) is 11.3 Å². The predicted octanol–water partition coefficient (Wildman–Crippen LogP) is 1.04. The number of ketones is 1. The smallest absolute Gasteiger partial charge is 0.322 e. The van der Waals surface area contributed by atoms with Crippen molar-refractivity contribution >= 4 is 29.2 Å². The minimum Gasteiger partial charge on any atom is -0.480 e. The van der Waals surface area contributed by atoms with Crippen molar-refractivity contribution in [1.29, 1.82) is 0 Å². The average Bonchev–Trinajstić information content (AvgIpc) is 2.25. The van der Waals surface area contributed by atoms with E-state index in [2.05, 4.69) is 0 Å². The molecule has 0 bridgehead atoms. The number of hydrogen-bond donors (Lipinski definition) is 3. The molecule has 1 aromatic carbocycles. The second kappa shape index (κ2) is 5.48. The van der Waals surface area contributed by atoms with Gasteiger partial charge in [0.15, 0.2) is 5.78 Å². The molecule has 0 radical (unpaired) electrons. The van der Waals surface area contributed by atoms with E-state index in [0.717, 1.165) is 0 Å². The number of carbonyl (C=O) groups excluding carboxylic acids is 1. The highest BCUT2D eigenvalue weighted by Crippen LogP contribution is 2.14. The number of halogens is 1. The average molecular weight is 243 g/mol. The van der Waals surface area contributed by atoms with Crippen molar-refractivity contribution in [3.8, 4) is 0 Å². The normalized spacial score (nSPS) is 12.1. The third-order valence-electron chi connectivity index (χ3n) is 2.08.